The Bertz CT molecular complexity index is 743. The molecule has 0 radical (unpaired) electrons. The van der Waals surface area contributed by atoms with E-state index in [4.69, 9.17) is 4.74 Å². The molecule has 0 spiro atoms. The molecular formula is C22H26N2O2. The molecule has 3 rings (SSSR count). The number of nitrogens with zero attached hydrogens (tertiary/aromatic N) is 1. The molecule has 1 aliphatic heterocycles. The molecule has 0 aromatic heterocycles. The Labute approximate surface area is 155 Å². The fourth-order valence-corrected chi connectivity index (χ4v) is 3.26. The Kier molecular flexibility index (Phi) is 6.45. The molecule has 4 heteroatoms. The van der Waals surface area contributed by atoms with E-state index in [0.29, 0.717) is 6.61 Å². The van der Waals surface area contributed by atoms with Crippen LogP contribution in [0, 0.1) is 0 Å². The Hall–Kier alpha value is -2.59. The molecule has 0 aliphatic carbocycles. The van der Waals surface area contributed by atoms with Gasteiger partial charge in [0.15, 0.2) is 0 Å². The topological polar surface area (TPSA) is 41.6 Å². The molecule has 1 unspecified atom stereocenters. The summed E-state index contributed by atoms with van der Waals surface area (Å²) in [4.78, 5) is 14.6. The molecular weight excluding hydrogens is 324 g/mol. The van der Waals surface area contributed by atoms with Gasteiger partial charge >= 0.3 is 0 Å². The van der Waals surface area contributed by atoms with Crippen LogP contribution in [-0.2, 0) is 11.3 Å². The van der Waals surface area contributed by atoms with E-state index in [1.54, 1.807) is 6.08 Å². The Morgan fingerprint density at radius 3 is 2.77 bits per heavy atom. The van der Waals surface area contributed by atoms with Crippen molar-refractivity contribution in [2.24, 2.45) is 0 Å². The summed E-state index contributed by atoms with van der Waals surface area (Å²) in [5, 5.41) is 3.11. The number of hydrogen-bond donors (Lipinski definition) is 1. The molecule has 1 fully saturated rings. The number of benzene rings is 2. The largest absolute Gasteiger partial charge is 0.493 e. The van der Waals surface area contributed by atoms with Crippen LogP contribution in [0.5, 0.6) is 5.75 Å². The zero-order valence-electron chi connectivity index (χ0n) is 15.2. The van der Waals surface area contributed by atoms with E-state index < -0.39 is 0 Å². The number of likely N-dealkylation sites (tertiary alicyclic amines) is 1. The van der Waals surface area contributed by atoms with Crippen molar-refractivity contribution in [1.29, 1.82) is 0 Å². The summed E-state index contributed by atoms with van der Waals surface area (Å²) in [5.41, 5.74) is 2.23. The highest BCUT2D eigenvalue weighted by Crippen LogP contribution is 2.19. The number of para-hydroxylation sites is 1. The van der Waals surface area contributed by atoms with Crippen molar-refractivity contribution in [3.8, 4) is 5.75 Å². The molecule has 2 aromatic rings. The van der Waals surface area contributed by atoms with E-state index >= 15 is 0 Å². The standard InChI is InChI=1S/C22H26N2O2/c1-2-26-21-11-7-6-10-19(21)12-13-22(25)23-20-14-15-24(17-20)16-18-8-4-3-5-9-18/h3-13,20H,2,14-17H2,1H3,(H,23,25)/b13-12+. The van der Waals surface area contributed by atoms with Gasteiger partial charge < -0.3 is 10.1 Å². The van der Waals surface area contributed by atoms with Gasteiger partial charge in [0, 0.05) is 37.3 Å². The molecule has 1 amide bonds. The summed E-state index contributed by atoms with van der Waals surface area (Å²) < 4.78 is 5.58. The SMILES string of the molecule is CCOc1ccccc1/C=C/C(=O)NC1CCN(Cc2ccccc2)C1. The van der Waals surface area contributed by atoms with Crippen molar-refractivity contribution in [2.75, 3.05) is 19.7 Å². The fourth-order valence-electron chi connectivity index (χ4n) is 3.26. The number of amides is 1. The predicted octanol–water partition coefficient (Wildman–Crippen LogP) is 3.49. The van der Waals surface area contributed by atoms with E-state index in [2.05, 4.69) is 34.5 Å². The second-order valence-corrected chi connectivity index (χ2v) is 6.52. The minimum absolute atomic E-state index is 0.0529. The molecule has 1 aliphatic rings. The monoisotopic (exact) mass is 350 g/mol. The predicted molar refractivity (Wildman–Crippen MR) is 105 cm³/mol. The molecule has 136 valence electrons. The molecule has 1 heterocycles. The number of nitrogens with one attached hydrogen (secondary N) is 1. The first-order valence-electron chi connectivity index (χ1n) is 9.21. The molecule has 1 N–H and O–H groups in total. The van der Waals surface area contributed by atoms with Crippen LogP contribution in [0.3, 0.4) is 0 Å². The van der Waals surface area contributed by atoms with Gasteiger partial charge in [0.05, 0.1) is 6.61 Å². The highest BCUT2D eigenvalue weighted by atomic mass is 16.5. The van der Waals surface area contributed by atoms with Crippen molar-refractivity contribution in [3.05, 3.63) is 71.8 Å². The zero-order valence-corrected chi connectivity index (χ0v) is 15.2. The van der Waals surface area contributed by atoms with E-state index in [1.165, 1.54) is 5.56 Å². The van der Waals surface area contributed by atoms with Crippen LogP contribution >= 0.6 is 0 Å². The third-order valence-corrected chi connectivity index (χ3v) is 4.50. The third kappa shape index (κ3) is 5.20. The van der Waals surface area contributed by atoms with Gasteiger partial charge in [0.2, 0.25) is 5.91 Å². The molecule has 0 bridgehead atoms. The molecule has 1 saturated heterocycles. The molecule has 1 atom stereocenters. The first kappa shape index (κ1) is 18.2. The minimum atomic E-state index is -0.0529. The lowest BCUT2D eigenvalue weighted by molar-refractivity contribution is -0.117. The van der Waals surface area contributed by atoms with Gasteiger partial charge in [-0.05, 0) is 31.1 Å². The van der Waals surface area contributed by atoms with Gasteiger partial charge in [0.25, 0.3) is 0 Å². The summed E-state index contributed by atoms with van der Waals surface area (Å²) in [6.45, 7) is 5.40. The van der Waals surface area contributed by atoms with Gasteiger partial charge in [-0.2, -0.15) is 0 Å². The maximum atomic E-state index is 12.2. The Morgan fingerprint density at radius 2 is 1.96 bits per heavy atom. The van der Waals surface area contributed by atoms with Crippen LogP contribution in [0.15, 0.2) is 60.7 Å². The average Bonchev–Trinajstić information content (AvgIpc) is 3.09. The number of ether oxygens (including phenoxy) is 1. The highest BCUT2D eigenvalue weighted by Gasteiger charge is 2.23. The van der Waals surface area contributed by atoms with Crippen molar-refractivity contribution in [2.45, 2.75) is 25.9 Å². The van der Waals surface area contributed by atoms with Crippen molar-refractivity contribution < 1.29 is 9.53 Å². The second kappa shape index (κ2) is 9.20. The van der Waals surface area contributed by atoms with E-state index in [9.17, 15) is 4.79 Å². The zero-order chi connectivity index (χ0) is 18.2. The Balaban J connectivity index is 1.50. The lowest BCUT2D eigenvalue weighted by Crippen LogP contribution is -2.35. The summed E-state index contributed by atoms with van der Waals surface area (Å²) in [7, 11) is 0. The molecule has 0 saturated carbocycles. The first-order chi connectivity index (χ1) is 12.7. The normalized spacial score (nSPS) is 17.5. The van der Waals surface area contributed by atoms with Gasteiger partial charge in [-0.25, -0.2) is 0 Å². The second-order valence-electron chi connectivity index (χ2n) is 6.52. The van der Waals surface area contributed by atoms with Crippen molar-refractivity contribution >= 4 is 12.0 Å². The number of hydrogen-bond acceptors (Lipinski definition) is 3. The first-order valence-corrected chi connectivity index (χ1v) is 9.21. The quantitative estimate of drug-likeness (QED) is 0.777. The van der Waals surface area contributed by atoms with Crippen LogP contribution in [0.25, 0.3) is 6.08 Å². The molecule has 26 heavy (non-hydrogen) atoms. The maximum absolute atomic E-state index is 12.2. The smallest absolute Gasteiger partial charge is 0.244 e. The Morgan fingerprint density at radius 1 is 1.19 bits per heavy atom. The lowest BCUT2D eigenvalue weighted by atomic mass is 10.2. The van der Waals surface area contributed by atoms with Crippen LogP contribution in [0.4, 0.5) is 0 Å². The van der Waals surface area contributed by atoms with Crippen molar-refractivity contribution in [3.63, 3.8) is 0 Å². The fraction of sp³-hybridized carbons (Fsp3) is 0.318. The van der Waals surface area contributed by atoms with Crippen LogP contribution in [0.1, 0.15) is 24.5 Å². The van der Waals surface area contributed by atoms with Gasteiger partial charge in [-0.15, -0.1) is 0 Å². The van der Waals surface area contributed by atoms with Gasteiger partial charge in [-0.3, -0.25) is 9.69 Å². The minimum Gasteiger partial charge on any atom is -0.493 e. The lowest BCUT2D eigenvalue weighted by Gasteiger charge is -2.16. The third-order valence-electron chi connectivity index (χ3n) is 4.50. The summed E-state index contributed by atoms with van der Waals surface area (Å²) in [5.74, 6) is 0.747. The number of carbonyl (C=O) groups excluding carboxylic acids is 1. The van der Waals surface area contributed by atoms with E-state index in [0.717, 1.165) is 37.4 Å². The van der Waals surface area contributed by atoms with E-state index in [1.807, 2.05) is 43.3 Å². The number of carbonyl (C=O) groups is 1. The summed E-state index contributed by atoms with van der Waals surface area (Å²) >= 11 is 0. The van der Waals surface area contributed by atoms with Crippen molar-refractivity contribution in [1.82, 2.24) is 10.2 Å². The average molecular weight is 350 g/mol. The van der Waals surface area contributed by atoms with Gasteiger partial charge in [0.1, 0.15) is 5.75 Å². The van der Waals surface area contributed by atoms with Crippen LogP contribution in [0.2, 0.25) is 0 Å². The molecule has 2 aromatic carbocycles. The van der Waals surface area contributed by atoms with Crippen LogP contribution in [-0.4, -0.2) is 36.5 Å². The van der Waals surface area contributed by atoms with E-state index in [-0.39, 0.29) is 11.9 Å². The summed E-state index contributed by atoms with van der Waals surface area (Å²) in [6.07, 6.45) is 4.40. The number of rotatable bonds is 7. The van der Waals surface area contributed by atoms with Crippen LogP contribution < -0.4 is 10.1 Å². The highest BCUT2D eigenvalue weighted by molar-refractivity contribution is 5.92. The van der Waals surface area contributed by atoms with Gasteiger partial charge in [-0.1, -0.05) is 48.5 Å². The maximum Gasteiger partial charge on any atom is 0.244 e. The molecule has 4 nitrogen and oxygen atoms in total. The summed E-state index contributed by atoms with van der Waals surface area (Å²) in [6, 6.07) is 18.4.